The lowest BCUT2D eigenvalue weighted by molar-refractivity contribution is -0.139. The molecule has 2 heterocycles. The molecule has 0 spiro atoms. The van der Waals surface area contributed by atoms with Gasteiger partial charge in [0.05, 0.1) is 17.1 Å². The molecule has 2 unspecified atom stereocenters. The minimum atomic E-state index is -3.04. The molecule has 0 saturated carbocycles. The van der Waals surface area contributed by atoms with Crippen molar-refractivity contribution in [2.24, 2.45) is 4.99 Å². The van der Waals surface area contributed by atoms with Gasteiger partial charge in [-0.3, -0.25) is 19.4 Å². The molecule has 3 aromatic rings. The highest BCUT2D eigenvalue weighted by Crippen LogP contribution is 2.27. The molecule has 0 saturated heterocycles. The number of nitrogens with one attached hydrogen (secondary N) is 2. The van der Waals surface area contributed by atoms with E-state index in [0.717, 1.165) is 6.92 Å². The van der Waals surface area contributed by atoms with Crippen LogP contribution in [-0.2, 0) is 14.4 Å². The van der Waals surface area contributed by atoms with Crippen molar-refractivity contribution in [2.75, 3.05) is 11.9 Å². The first-order valence-electron chi connectivity index (χ1n) is 11.6. The lowest BCUT2D eigenvalue weighted by atomic mass is 10.0. The molecule has 0 aliphatic carbocycles. The van der Waals surface area contributed by atoms with Gasteiger partial charge in [-0.2, -0.15) is 8.78 Å². The molecule has 40 heavy (non-hydrogen) atoms. The third-order valence-electron chi connectivity index (χ3n) is 5.79. The number of rotatable bonds is 7. The maximum absolute atomic E-state index is 14.3. The van der Waals surface area contributed by atoms with E-state index in [1.165, 1.54) is 18.1 Å². The maximum Gasteiger partial charge on any atom is 0.316 e. The number of ether oxygens (including phenoxy) is 1. The second-order valence-electron chi connectivity index (χ2n) is 8.48. The standard InChI is InChI=1S/C26H20F5N5O4/c1-12(33-25(38)22(31)40-17-11-14(27)18(28)20(30)19(17)29)24(37)35-23-26(39)36(2)16-9-4-3-7-13(16)21(34-23)15-8-5-6-10-32-15/h3-12,22-23H,1-2H3,(H,33,38)(H,35,37)/t12-,22?,23?/m0/s1. The Balaban J connectivity index is 1.50. The molecule has 0 radical (unpaired) electrons. The molecule has 1 aliphatic rings. The van der Waals surface area contributed by atoms with E-state index in [0.29, 0.717) is 22.7 Å². The number of hydrogen-bond donors (Lipinski definition) is 2. The summed E-state index contributed by atoms with van der Waals surface area (Å²) in [5, 5.41) is 4.30. The van der Waals surface area contributed by atoms with Crippen LogP contribution < -0.4 is 20.3 Å². The molecule has 0 bridgehead atoms. The van der Waals surface area contributed by atoms with Gasteiger partial charge in [0.15, 0.2) is 17.4 Å². The fourth-order valence-corrected chi connectivity index (χ4v) is 3.73. The number of carbonyl (C=O) groups is 3. The van der Waals surface area contributed by atoms with Crippen molar-refractivity contribution < 1.29 is 41.1 Å². The molecule has 3 atom stereocenters. The normalized spacial score (nSPS) is 16.3. The van der Waals surface area contributed by atoms with Crippen molar-refractivity contribution in [3.63, 3.8) is 0 Å². The highest BCUT2D eigenvalue weighted by Gasteiger charge is 2.33. The van der Waals surface area contributed by atoms with Crippen molar-refractivity contribution in [2.45, 2.75) is 25.5 Å². The van der Waals surface area contributed by atoms with Gasteiger partial charge in [0.1, 0.15) is 6.04 Å². The zero-order valence-electron chi connectivity index (χ0n) is 20.8. The third kappa shape index (κ3) is 5.60. The summed E-state index contributed by atoms with van der Waals surface area (Å²) >= 11 is 0. The minimum absolute atomic E-state index is 0.0209. The largest absolute Gasteiger partial charge is 0.448 e. The number of pyridine rings is 1. The Kier molecular flexibility index (Phi) is 8.07. The second kappa shape index (κ2) is 11.5. The SMILES string of the molecule is C[C@H](NC(=O)C(F)Oc1cc(F)c(F)c(F)c1F)C(=O)NC1N=C(c2ccccn2)c2ccccc2N(C)C1=O. The van der Waals surface area contributed by atoms with Gasteiger partial charge in [0.2, 0.25) is 23.7 Å². The first-order valence-corrected chi connectivity index (χ1v) is 11.6. The zero-order valence-corrected chi connectivity index (χ0v) is 20.8. The molecule has 1 aromatic heterocycles. The van der Waals surface area contributed by atoms with Crippen molar-refractivity contribution in [3.8, 4) is 5.75 Å². The molecule has 1 aliphatic heterocycles. The van der Waals surface area contributed by atoms with E-state index in [2.05, 4.69) is 20.0 Å². The van der Waals surface area contributed by atoms with Crippen LogP contribution in [0.1, 0.15) is 18.2 Å². The maximum atomic E-state index is 14.3. The fraction of sp³-hybridized carbons (Fsp3) is 0.192. The number of aromatic nitrogens is 1. The van der Waals surface area contributed by atoms with Gasteiger partial charge in [0, 0.05) is 24.9 Å². The van der Waals surface area contributed by atoms with Crippen LogP contribution in [-0.4, -0.2) is 54.0 Å². The van der Waals surface area contributed by atoms with Crippen LogP contribution in [0.4, 0.5) is 27.6 Å². The van der Waals surface area contributed by atoms with Crippen LogP contribution in [0, 0.1) is 23.3 Å². The Morgan fingerprint density at radius 3 is 2.40 bits per heavy atom. The number of para-hydroxylation sites is 1. The number of halogens is 5. The van der Waals surface area contributed by atoms with Crippen LogP contribution in [0.15, 0.2) is 59.7 Å². The van der Waals surface area contributed by atoms with Crippen LogP contribution in [0.25, 0.3) is 0 Å². The number of aliphatic imine (C=N–C) groups is 1. The Labute approximate surface area is 223 Å². The number of hydrogen-bond acceptors (Lipinski definition) is 6. The number of anilines is 1. The summed E-state index contributed by atoms with van der Waals surface area (Å²) in [5.41, 5.74) is 1.77. The average Bonchev–Trinajstić information content (AvgIpc) is 3.05. The first kappa shape index (κ1) is 28.1. The summed E-state index contributed by atoms with van der Waals surface area (Å²) in [6, 6.07) is 10.5. The number of benzodiazepines with no additional fused rings is 1. The summed E-state index contributed by atoms with van der Waals surface area (Å²) in [4.78, 5) is 48.2. The molecule has 2 N–H and O–H groups in total. The van der Waals surface area contributed by atoms with Crippen molar-refractivity contribution in [1.29, 1.82) is 0 Å². The second-order valence-corrected chi connectivity index (χ2v) is 8.48. The Bertz CT molecular complexity index is 1500. The lowest BCUT2D eigenvalue weighted by Gasteiger charge is -2.22. The van der Waals surface area contributed by atoms with Crippen molar-refractivity contribution >= 4 is 29.1 Å². The summed E-state index contributed by atoms with van der Waals surface area (Å²) in [5.74, 6) is -13.0. The minimum Gasteiger partial charge on any atom is -0.448 e. The van der Waals surface area contributed by atoms with Gasteiger partial charge < -0.3 is 20.3 Å². The number of benzene rings is 2. The van der Waals surface area contributed by atoms with E-state index >= 15 is 0 Å². The lowest BCUT2D eigenvalue weighted by Crippen LogP contribution is -2.53. The highest BCUT2D eigenvalue weighted by atomic mass is 19.2. The summed E-state index contributed by atoms with van der Waals surface area (Å²) in [6.45, 7) is 1.14. The average molecular weight is 561 g/mol. The predicted molar refractivity (Wildman–Crippen MR) is 131 cm³/mol. The molecule has 2 aromatic carbocycles. The molecular weight excluding hydrogens is 541 g/mol. The van der Waals surface area contributed by atoms with E-state index in [4.69, 9.17) is 0 Å². The van der Waals surface area contributed by atoms with E-state index in [-0.39, 0.29) is 6.07 Å². The summed E-state index contributed by atoms with van der Waals surface area (Å²) < 4.78 is 72.1. The summed E-state index contributed by atoms with van der Waals surface area (Å²) in [7, 11) is 1.48. The Hall–Kier alpha value is -4.88. The van der Waals surface area contributed by atoms with Gasteiger partial charge in [0.25, 0.3) is 11.8 Å². The summed E-state index contributed by atoms with van der Waals surface area (Å²) in [6.07, 6.45) is -2.99. The molecule has 9 nitrogen and oxygen atoms in total. The van der Waals surface area contributed by atoms with Crippen LogP contribution in [0.2, 0.25) is 0 Å². The number of fused-ring (bicyclic) bond motifs is 1. The van der Waals surface area contributed by atoms with Crippen molar-refractivity contribution in [3.05, 3.63) is 89.3 Å². The van der Waals surface area contributed by atoms with E-state index in [1.54, 1.807) is 42.5 Å². The molecule has 0 fully saturated rings. The Morgan fingerprint density at radius 2 is 1.70 bits per heavy atom. The van der Waals surface area contributed by atoms with Gasteiger partial charge in [-0.05, 0) is 25.1 Å². The van der Waals surface area contributed by atoms with Gasteiger partial charge in [-0.1, -0.05) is 24.3 Å². The van der Waals surface area contributed by atoms with Gasteiger partial charge in [-0.15, -0.1) is 0 Å². The molecule has 208 valence electrons. The number of likely N-dealkylation sites (N-methyl/N-ethyl adjacent to an activating group) is 1. The Morgan fingerprint density at radius 1 is 1.00 bits per heavy atom. The predicted octanol–water partition coefficient (Wildman–Crippen LogP) is 2.77. The van der Waals surface area contributed by atoms with E-state index in [1.807, 2.05) is 5.32 Å². The van der Waals surface area contributed by atoms with Gasteiger partial charge in [-0.25, -0.2) is 18.2 Å². The quantitative estimate of drug-likeness (QED) is 0.262. The number of nitrogens with zero attached hydrogens (tertiary/aromatic N) is 3. The van der Waals surface area contributed by atoms with E-state index < -0.39 is 65.3 Å². The topological polar surface area (TPSA) is 113 Å². The molecule has 4 rings (SSSR count). The van der Waals surface area contributed by atoms with E-state index in [9.17, 15) is 36.3 Å². The highest BCUT2D eigenvalue weighted by molar-refractivity contribution is 6.19. The van der Waals surface area contributed by atoms with Gasteiger partial charge >= 0.3 is 6.36 Å². The first-order chi connectivity index (χ1) is 19.0. The third-order valence-corrected chi connectivity index (χ3v) is 5.79. The smallest absolute Gasteiger partial charge is 0.316 e. The molecular formula is C26H20F5N5O4. The zero-order chi connectivity index (χ0) is 29.1. The monoisotopic (exact) mass is 561 g/mol. The van der Waals surface area contributed by atoms with Crippen LogP contribution >= 0.6 is 0 Å². The van der Waals surface area contributed by atoms with Crippen LogP contribution in [0.5, 0.6) is 5.75 Å². The number of alkyl halides is 1. The van der Waals surface area contributed by atoms with Crippen LogP contribution in [0.3, 0.4) is 0 Å². The molecule has 3 amide bonds. The molecule has 14 heteroatoms. The van der Waals surface area contributed by atoms with Crippen molar-refractivity contribution in [1.82, 2.24) is 15.6 Å². The number of amides is 3. The fourth-order valence-electron chi connectivity index (χ4n) is 3.73. The number of carbonyl (C=O) groups excluding carboxylic acids is 3.